The zero-order valence-corrected chi connectivity index (χ0v) is 14.9. The number of imide groups is 1. The minimum atomic E-state index is -4.70. The quantitative estimate of drug-likeness (QED) is 0.784. The number of alkyl halides is 3. The highest BCUT2D eigenvalue weighted by Crippen LogP contribution is 2.38. The molecule has 146 valence electrons. The number of primary amides is 1. The zero-order valence-electron chi connectivity index (χ0n) is 14.1. The summed E-state index contributed by atoms with van der Waals surface area (Å²) in [4.78, 5) is 38.9. The van der Waals surface area contributed by atoms with Crippen LogP contribution in [0, 0.1) is 5.92 Å². The van der Waals surface area contributed by atoms with Crippen molar-refractivity contribution in [3.05, 3.63) is 28.8 Å². The molecule has 0 unspecified atom stereocenters. The summed E-state index contributed by atoms with van der Waals surface area (Å²) in [5, 5.41) is -0.504. The van der Waals surface area contributed by atoms with Crippen LogP contribution in [0.1, 0.15) is 24.8 Å². The third-order valence-electron chi connectivity index (χ3n) is 5.01. The van der Waals surface area contributed by atoms with Gasteiger partial charge >= 0.3 is 6.18 Å². The molecule has 6 nitrogen and oxygen atoms in total. The molecule has 2 heterocycles. The Hall–Kier alpha value is -2.13. The second-order valence-corrected chi connectivity index (χ2v) is 7.07. The second-order valence-electron chi connectivity index (χ2n) is 6.66. The molecule has 10 heteroatoms. The number of carbonyl (C=O) groups is 3. The van der Waals surface area contributed by atoms with Gasteiger partial charge in [-0.15, -0.1) is 0 Å². The molecule has 1 aromatic carbocycles. The van der Waals surface area contributed by atoms with E-state index in [1.54, 1.807) is 4.90 Å². The van der Waals surface area contributed by atoms with Gasteiger partial charge in [-0.3, -0.25) is 19.3 Å². The summed E-state index contributed by atoms with van der Waals surface area (Å²) in [6.07, 6.45) is -3.86. The number of halogens is 4. The van der Waals surface area contributed by atoms with E-state index >= 15 is 0 Å². The Balaban J connectivity index is 1.80. The molecule has 3 amide bonds. The molecule has 0 radical (unpaired) electrons. The predicted octanol–water partition coefficient (Wildman–Crippen LogP) is 2.19. The van der Waals surface area contributed by atoms with Crippen molar-refractivity contribution < 1.29 is 27.6 Å². The fraction of sp³-hybridized carbons (Fsp3) is 0.471. The summed E-state index contributed by atoms with van der Waals surface area (Å²) < 4.78 is 39.2. The van der Waals surface area contributed by atoms with Gasteiger partial charge in [-0.1, -0.05) is 11.6 Å². The molecule has 1 atom stereocenters. The molecule has 2 aliphatic rings. The number of rotatable bonds is 3. The Labute approximate surface area is 158 Å². The van der Waals surface area contributed by atoms with Gasteiger partial charge in [0.15, 0.2) is 0 Å². The first kappa shape index (κ1) is 19.6. The number of benzene rings is 1. The highest BCUT2D eigenvalue weighted by atomic mass is 35.5. The average molecular weight is 404 g/mol. The Morgan fingerprint density at radius 1 is 1.19 bits per heavy atom. The summed E-state index contributed by atoms with van der Waals surface area (Å²) in [6.45, 7) is 0.832. The molecule has 27 heavy (non-hydrogen) atoms. The van der Waals surface area contributed by atoms with Gasteiger partial charge in [0.1, 0.15) is 0 Å². The van der Waals surface area contributed by atoms with Crippen LogP contribution in [0.2, 0.25) is 5.02 Å². The van der Waals surface area contributed by atoms with Gasteiger partial charge in [-0.05, 0) is 44.1 Å². The van der Waals surface area contributed by atoms with Crippen molar-refractivity contribution in [2.45, 2.75) is 31.5 Å². The lowest BCUT2D eigenvalue weighted by atomic mass is 9.95. The van der Waals surface area contributed by atoms with E-state index in [1.807, 2.05) is 0 Å². The SMILES string of the molecule is NC(=O)C1CCN([C@@H]2CC(=O)N(c3ccc(Cl)c(C(F)(F)F)c3)C2=O)CC1. The van der Waals surface area contributed by atoms with Crippen molar-refractivity contribution >= 4 is 35.0 Å². The van der Waals surface area contributed by atoms with E-state index in [9.17, 15) is 27.6 Å². The molecule has 0 aliphatic carbocycles. The lowest BCUT2D eigenvalue weighted by Gasteiger charge is -2.33. The van der Waals surface area contributed by atoms with Crippen LogP contribution in [0.5, 0.6) is 0 Å². The van der Waals surface area contributed by atoms with Gasteiger partial charge in [0.25, 0.3) is 5.91 Å². The number of hydrogen-bond donors (Lipinski definition) is 1. The highest BCUT2D eigenvalue weighted by molar-refractivity contribution is 6.31. The normalized spacial score (nSPS) is 22.5. The summed E-state index contributed by atoms with van der Waals surface area (Å²) in [6, 6.07) is 2.19. The van der Waals surface area contributed by atoms with Gasteiger partial charge in [0, 0.05) is 5.92 Å². The van der Waals surface area contributed by atoms with Crippen LogP contribution in [0.15, 0.2) is 18.2 Å². The molecule has 0 saturated carbocycles. The van der Waals surface area contributed by atoms with Crippen molar-refractivity contribution in [2.75, 3.05) is 18.0 Å². The number of anilines is 1. The van der Waals surface area contributed by atoms with Gasteiger partial charge in [-0.25, -0.2) is 4.90 Å². The number of nitrogens with two attached hydrogens (primary N) is 1. The van der Waals surface area contributed by atoms with Crippen molar-refractivity contribution in [3.63, 3.8) is 0 Å². The number of likely N-dealkylation sites (tertiary alicyclic amines) is 1. The van der Waals surface area contributed by atoms with E-state index in [0.29, 0.717) is 32.0 Å². The van der Waals surface area contributed by atoms with Crippen LogP contribution in [0.3, 0.4) is 0 Å². The predicted molar refractivity (Wildman–Crippen MR) is 90.8 cm³/mol. The second kappa shape index (κ2) is 7.12. The summed E-state index contributed by atoms with van der Waals surface area (Å²) in [5.41, 5.74) is 4.03. The number of carbonyl (C=O) groups excluding carboxylic acids is 3. The smallest absolute Gasteiger partial charge is 0.369 e. The molecule has 2 fully saturated rings. The van der Waals surface area contributed by atoms with Crippen molar-refractivity contribution in [2.24, 2.45) is 11.7 Å². The van der Waals surface area contributed by atoms with Crippen molar-refractivity contribution in [1.29, 1.82) is 0 Å². The fourth-order valence-electron chi connectivity index (χ4n) is 3.54. The van der Waals surface area contributed by atoms with Crippen LogP contribution in [0.25, 0.3) is 0 Å². The lowest BCUT2D eigenvalue weighted by molar-refractivity contribution is -0.137. The maximum atomic E-state index is 13.1. The third-order valence-corrected chi connectivity index (χ3v) is 5.34. The lowest BCUT2D eigenvalue weighted by Crippen LogP contribution is -2.47. The average Bonchev–Trinajstić information content (AvgIpc) is 2.89. The van der Waals surface area contributed by atoms with Crippen molar-refractivity contribution in [3.8, 4) is 0 Å². The van der Waals surface area contributed by atoms with E-state index in [4.69, 9.17) is 17.3 Å². The van der Waals surface area contributed by atoms with Gasteiger partial charge in [0.2, 0.25) is 11.8 Å². The first-order chi connectivity index (χ1) is 12.6. The Morgan fingerprint density at radius 2 is 1.81 bits per heavy atom. The number of amides is 3. The van der Waals surface area contributed by atoms with Crippen LogP contribution >= 0.6 is 11.6 Å². The maximum absolute atomic E-state index is 13.1. The minimum absolute atomic E-state index is 0.121. The first-order valence-electron chi connectivity index (χ1n) is 8.36. The van der Waals surface area contributed by atoms with Crippen LogP contribution in [-0.2, 0) is 20.6 Å². The molecule has 2 saturated heterocycles. The first-order valence-corrected chi connectivity index (χ1v) is 8.74. The molecule has 0 spiro atoms. The third kappa shape index (κ3) is 3.79. The minimum Gasteiger partial charge on any atom is -0.369 e. The van der Waals surface area contributed by atoms with Gasteiger partial charge < -0.3 is 5.73 Å². The molecule has 3 rings (SSSR count). The summed E-state index contributed by atoms with van der Waals surface area (Å²) in [7, 11) is 0. The number of hydrogen-bond acceptors (Lipinski definition) is 4. The molecular weight excluding hydrogens is 387 g/mol. The van der Waals surface area contributed by atoms with Crippen molar-refractivity contribution in [1.82, 2.24) is 4.90 Å². The van der Waals surface area contributed by atoms with Crippen LogP contribution < -0.4 is 10.6 Å². The molecule has 0 aromatic heterocycles. The maximum Gasteiger partial charge on any atom is 0.417 e. The summed E-state index contributed by atoms with van der Waals surface area (Å²) in [5.74, 6) is -1.81. The molecular formula is C17H17ClF3N3O3. The summed E-state index contributed by atoms with van der Waals surface area (Å²) >= 11 is 5.60. The van der Waals surface area contributed by atoms with E-state index in [0.717, 1.165) is 11.0 Å². The van der Waals surface area contributed by atoms with Crippen LogP contribution in [0.4, 0.5) is 18.9 Å². The Morgan fingerprint density at radius 3 is 2.37 bits per heavy atom. The topological polar surface area (TPSA) is 83.7 Å². The van der Waals surface area contributed by atoms with Crippen LogP contribution in [-0.4, -0.2) is 41.8 Å². The number of piperidine rings is 1. The largest absolute Gasteiger partial charge is 0.417 e. The van der Waals surface area contributed by atoms with E-state index in [1.165, 1.54) is 6.07 Å². The Kier molecular flexibility index (Phi) is 5.18. The molecule has 0 bridgehead atoms. The molecule has 1 aromatic rings. The fourth-order valence-corrected chi connectivity index (χ4v) is 3.76. The molecule has 2 aliphatic heterocycles. The van der Waals surface area contributed by atoms with Gasteiger partial charge in [-0.2, -0.15) is 13.2 Å². The Bertz CT molecular complexity index is 791. The van der Waals surface area contributed by atoms with E-state index < -0.39 is 40.5 Å². The van der Waals surface area contributed by atoms with E-state index in [-0.39, 0.29) is 18.0 Å². The van der Waals surface area contributed by atoms with Gasteiger partial charge in [0.05, 0.1) is 28.7 Å². The standard InChI is InChI=1S/C17H17ClF3N3O3/c18-12-2-1-10(7-11(12)17(19,20)21)24-14(25)8-13(16(24)27)23-5-3-9(4-6-23)15(22)26/h1-2,7,9,13H,3-6,8H2,(H2,22,26)/t13-/m1/s1. The highest BCUT2D eigenvalue weighted by Gasteiger charge is 2.44. The molecule has 2 N–H and O–H groups in total. The monoisotopic (exact) mass is 403 g/mol. The van der Waals surface area contributed by atoms with E-state index in [2.05, 4.69) is 0 Å². The zero-order chi connectivity index (χ0) is 19.9. The number of nitrogens with zero attached hydrogens (tertiary/aromatic N) is 2.